The van der Waals surface area contributed by atoms with Crippen LogP contribution in [0.3, 0.4) is 0 Å². The van der Waals surface area contributed by atoms with Crippen LogP contribution < -0.4 is 16.0 Å². The van der Waals surface area contributed by atoms with Crippen molar-refractivity contribution in [2.75, 3.05) is 46.4 Å². The second-order valence-electron chi connectivity index (χ2n) is 16.0. The van der Waals surface area contributed by atoms with E-state index in [4.69, 9.17) is 16.3 Å². The minimum atomic E-state index is -1.50. The zero-order valence-electron chi connectivity index (χ0n) is 33.2. The van der Waals surface area contributed by atoms with Gasteiger partial charge in [-0.1, -0.05) is 54.4 Å². The molecule has 58 heavy (non-hydrogen) atoms. The number of carbonyl (C=O) groups excluding carboxylic acids is 7. The van der Waals surface area contributed by atoms with Crippen LogP contribution >= 0.6 is 11.6 Å². The zero-order valence-corrected chi connectivity index (χ0v) is 33.9. The Hall–Kier alpha value is -5.09. The van der Waals surface area contributed by atoms with Gasteiger partial charge in [0, 0.05) is 44.2 Å². The van der Waals surface area contributed by atoms with Crippen molar-refractivity contribution in [2.45, 2.75) is 89.1 Å². The Morgan fingerprint density at radius 2 is 1.69 bits per heavy atom. The number of nitrogens with one attached hydrogen (secondary N) is 3. The molecule has 6 rings (SSSR count). The van der Waals surface area contributed by atoms with Gasteiger partial charge >= 0.3 is 5.97 Å². The molecule has 0 unspecified atom stereocenters. The lowest BCUT2D eigenvalue weighted by molar-refractivity contribution is -0.158. The van der Waals surface area contributed by atoms with Gasteiger partial charge in [0.25, 0.3) is 0 Å². The number of carbonyl (C=O) groups is 7. The molecule has 4 aliphatic rings. The number of nitrogens with zero attached hydrogens (tertiary/aromatic N) is 4. The molecule has 312 valence electrons. The summed E-state index contributed by atoms with van der Waals surface area (Å²) in [5.74, 6) is -5.18. The second kappa shape index (κ2) is 18.2. The number of fused-ring (bicyclic) bond motifs is 3. The molecule has 15 nitrogen and oxygen atoms in total. The Kier molecular flexibility index (Phi) is 13.4. The Labute approximate surface area is 341 Å². The van der Waals surface area contributed by atoms with E-state index in [0.29, 0.717) is 24.9 Å². The molecule has 0 bridgehead atoms. The first-order valence-electron chi connectivity index (χ1n) is 19.8. The summed E-state index contributed by atoms with van der Waals surface area (Å²) in [5, 5.41) is 8.32. The number of ether oxygens (including phenoxy) is 1. The van der Waals surface area contributed by atoms with Gasteiger partial charge in [0.05, 0.1) is 6.42 Å². The van der Waals surface area contributed by atoms with E-state index in [1.807, 2.05) is 37.9 Å². The van der Waals surface area contributed by atoms with Gasteiger partial charge in [0.15, 0.2) is 0 Å². The summed E-state index contributed by atoms with van der Waals surface area (Å²) < 4.78 is 20.4. The minimum Gasteiger partial charge on any atom is -0.461 e. The van der Waals surface area contributed by atoms with Crippen LogP contribution in [0, 0.1) is 18.7 Å². The zero-order chi connectivity index (χ0) is 41.8. The third kappa shape index (κ3) is 9.77. The smallest absolute Gasteiger partial charge is 0.328 e. The summed E-state index contributed by atoms with van der Waals surface area (Å²) in [6.45, 7) is 5.93. The Bertz CT molecular complexity index is 1950. The van der Waals surface area contributed by atoms with Crippen molar-refractivity contribution < 1.29 is 42.7 Å². The van der Waals surface area contributed by atoms with Crippen LogP contribution in [-0.2, 0) is 51.1 Å². The molecule has 7 atom stereocenters. The number of aryl methyl sites for hydroxylation is 1. The molecule has 4 saturated heterocycles. The summed E-state index contributed by atoms with van der Waals surface area (Å²) in [7, 11) is 1.83. The van der Waals surface area contributed by atoms with E-state index in [1.54, 1.807) is 12.1 Å². The van der Waals surface area contributed by atoms with Crippen LogP contribution in [0.25, 0.3) is 0 Å². The largest absolute Gasteiger partial charge is 0.461 e. The molecule has 4 heterocycles. The SMILES string of the molecule is Cc1cccc(C[C@H](NC(=O)Cc2ccc(Cl)cc2F)C(=O)N[C@H]2COC(=O)[C@@H]3C[C@@H](C)CN3C(=O)[C@H](C)NC(=O)[C@@H]3CN(C)CCN3C(=O)[C@@H]3CCCN3C2=O)c1. The highest BCUT2D eigenvalue weighted by atomic mass is 35.5. The number of rotatable bonds is 7. The van der Waals surface area contributed by atoms with Crippen LogP contribution in [-0.4, -0.2) is 144 Å². The van der Waals surface area contributed by atoms with Crippen molar-refractivity contribution in [1.29, 1.82) is 0 Å². The van der Waals surface area contributed by atoms with Gasteiger partial charge in [-0.25, -0.2) is 9.18 Å². The molecule has 3 N–H and O–H groups in total. The highest BCUT2D eigenvalue weighted by Gasteiger charge is 2.46. The number of amides is 6. The van der Waals surface area contributed by atoms with Crippen molar-refractivity contribution in [1.82, 2.24) is 35.6 Å². The molecule has 2 aromatic rings. The molecule has 0 saturated carbocycles. The van der Waals surface area contributed by atoms with E-state index >= 15 is 0 Å². The monoisotopic (exact) mass is 823 g/mol. The summed E-state index contributed by atoms with van der Waals surface area (Å²) >= 11 is 5.90. The van der Waals surface area contributed by atoms with Crippen molar-refractivity contribution in [3.63, 3.8) is 0 Å². The molecule has 0 spiro atoms. The average molecular weight is 824 g/mol. The summed E-state index contributed by atoms with van der Waals surface area (Å²) in [4.78, 5) is 104. The van der Waals surface area contributed by atoms with Gasteiger partial charge in [-0.05, 0) is 69.3 Å². The van der Waals surface area contributed by atoms with Gasteiger partial charge in [0.2, 0.25) is 35.4 Å². The fraction of sp³-hybridized carbons (Fsp3) is 0.537. The first-order valence-corrected chi connectivity index (χ1v) is 20.1. The van der Waals surface area contributed by atoms with E-state index in [1.165, 1.54) is 33.8 Å². The number of piperazine rings is 1. The predicted octanol–water partition coefficient (Wildman–Crippen LogP) is 0.974. The maximum absolute atomic E-state index is 14.7. The van der Waals surface area contributed by atoms with E-state index in [9.17, 15) is 38.0 Å². The summed E-state index contributed by atoms with van der Waals surface area (Å²) in [5.41, 5.74) is 1.65. The maximum atomic E-state index is 14.7. The van der Waals surface area contributed by atoms with Crippen molar-refractivity contribution in [3.05, 3.63) is 70.0 Å². The number of likely N-dealkylation sites (N-methyl/N-ethyl adjacent to an activating group) is 1. The Morgan fingerprint density at radius 3 is 2.43 bits per heavy atom. The molecule has 17 heteroatoms. The van der Waals surface area contributed by atoms with Gasteiger partial charge in [-0.15, -0.1) is 0 Å². The quantitative estimate of drug-likeness (QED) is 0.344. The van der Waals surface area contributed by atoms with Crippen LogP contribution in [0.2, 0.25) is 5.02 Å². The lowest BCUT2D eigenvalue weighted by atomic mass is 10.0. The molecular formula is C41H51ClFN7O8. The van der Waals surface area contributed by atoms with Gasteiger partial charge in [0.1, 0.15) is 48.7 Å². The highest BCUT2D eigenvalue weighted by Crippen LogP contribution is 2.27. The molecule has 6 amide bonds. The topological polar surface area (TPSA) is 178 Å². The standard InChI is InChI=1S/C41H51ClFN7O8/c1-23-7-5-8-26(15-23)17-30(45-35(51)18-27-10-11-28(42)19-29(27)43)36(52)46-31-22-58-41(57)33-16-24(2)20-50(33)38(54)25(3)44-37(53)34-21-47(4)13-14-49(34)40(56)32-9-6-12-48(32)39(31)55/h5,7-8,10-11,15,19,24-25,30-34H,6,9,12-14,16-18,20-22H2,1-4H3,(H,44,53)(H,45,51)(H,46,52)/t24-,25+,30+,31+,32+,33+,34+/m1/s1. The van der Waals surface area contributed by atoms with E-state index in [0.717, 1.165) is 11.6 Å². The molecule has 4 fully saturated rings. The third-order valence-electron chi connectivity index (χ3n) is 11.3. The molecule has 0 aliphatic carbocycles. The molecule has 0 aromatic heterocycles. The summed E-state index contributed by atoms with van der Waals surface area (Å²) in [6, 6.07) is 4.48. The number of hydrogen-bond donors (Lipinski definition) is 3. The van der Waals surface area contributed by atoms with Crippen LogP contribution in [0.15, 0.2) is 42.5 Å². The third-order valence-corrected chi connectivity index (χ3v) is 11.6. The fourth-order valence-corrected chi connectivity index (χ4v) is 8.45. The number of hydrogen-bond acceptors (Lipinski definition) is 9. The van der Waals surface area contributed by atoms with Crippen molar-refractivity contribution in [2.24, 2.45) is 5.92 Å². The van der Waals surface area contributed by atoms with Crippen LogP contribution in [0.4, 0.5) is 4.39 Å². The van der Waals surface area contributed by atoms with E-state index < -0.39 is 96.5 Å². The van der Waals surface area contributed by atoms with Gasteiger partial charge in [-0.3, -0.25) is 28.8 Å². The second-order valence-corrected chi connectivity index (χ2v) is 16.4. The maximum Gasteiger partial charge on any atom is 0.328 e. The van der Waals surface area contributed by atoms with E-state index in [2.05, 4.69) is 16.0 Å². The van der Waals surface area contributed by atoms with Crippen LogP contribution in [0.1, 0.15) is 49.8 Å². The van der Waals surface area contributed by atoms with Gasteiger partial charge < -0.3 is 40.3 Å². The normalized spacial score (nSPS) is 26.7. The summed E-state index contributed by atoms with van der Waals surface area (Å²) in [6.07, 6.45) is 0.621. The number of esters is 1. The lowest BCUT2D eigenvalue weighted by Crippen LogP contribution is -2.65. The molecule has 2 aromatic carbocycles. The van der Waals surface area contributed by atoms with E-state index in [-0.39, 0.29) is 55.5 Å². The number of cyclic esters (lactones) is 1. The van der Waals surface area contributed by atoms with Crippen LogP contribution in [0.5, 0.6) is 0 Å². The average Bonchev–Trinajstić information content (AvgIpc) is 3.83. The molecule has 0 radical (unpaired) electrons. The lowest BCUT2D eigenvalue weighted by Gasteiger charge is -2.42. The Balaban J connectivity index is 1.31. The van der Waals surface area contributed by atoms with Crippen molar-refractivity contribution in [3.8, 4) is 0 Å². The first kappa shape index (κ1) is 42.5. The minimum absolute atomic E-state index is 0.00401. The number of benzene rings is 2. The molecule has 4 aliphatic heterocycles. The molecular weight excluding hydrogens is 773 g/mol. The predicted molar refractivity (Wildman–Crippen MR) is 209 cm³/mol. The van der Waals surface area contributed by atoms with Gasteiger partial charge in [-0.2, -0.15) is 0 Å². The highest BCUT2D eigenvalue weighted by molar-refractivity contribution is 6.30. The first-order chi connectivity index (χ1) is 27.6. The Morgan fingerprint density at radius 1 is 0.931 bits per heavy atom. The van der Waals surface area contributed by atoms with Crippen molar-refractivity contribution >= 4 is 53.0 Å². The number of halogens is 2. The fourth-order valence-electron chi connectivity index (χ4n) is 8.30.